The summed E-state index contributed by atoms with van der Waals surface area (Å²) in [6.07, 6.45) is 1.69. The van der Waals surface area contributed by atoms with Crippen LogP contribution in [0.5, 0.6) is 0 Å². The standard InChI is InChI=1S/C8H11N3O2.ClH/c9-6(7(10)12)4-5-2-1-3-11-8(5)13;/h1-3,6H,4,9H2,(H2,10,12)(H,11,13);1H/t6-;/m0./s1. The molecule has 78 valence electrons. The third-order valence-corrected chi connectivity index (χ3v) is 1.70. The van der Waals surface area contributed by atoms with Crippen LogP contribution in [-0.4, -0.2) is 16.9 Å². The number of hydrogen-bond donors (Lipinski definition) is 3. The van der Waals surface area contributed by atoms with Crippen LogP contribution in [0.3, 0.4) is 0 Å². The van der Waals surface area contributed by atoms with Crippen LogP contribution < -0.4 is 17.0 Å². The number of rotatable bonds is 3. The van der Waals surface area contributed by atoms with Gasteiger partial charge < -0.3 is 16.5 Å². The van der Waals surface area contributed by atoms with Crippen molar-refractivity contribution in [2.75, 3.05) is 0 Å². The van der Waals surface area contributed by atoms with Crippen molar-refractivity contribution < 1.29 is 4.79 Å². The van der Waals surface area contributed by atoms with Gasteiger partial charge in [-0.2, -0.15) is 0 Å². The summed E-state index contributed by atoms with van der Waals surface area (Å²) in [5, 5.41) is 0. The van der Waals surface area contributed by atoms with Gasteiger partial charge in [-0.3, -0.25) is 9.59 Å². The summed E-state index contributed by atoms with van der Waals surface area (Å²) in [4.78, 5) is 24.2. The summed E-state index contributed by atoms with van der Waals surface area (Å²) in [5.41, 5.74) is 10.6. The molecule has 5 N–H and O–H groups in total. The largest absolute Gasteiger partial charge is 0.368 e. The second-order valence-electron chi connectivity index (χ2n) is 2.74. The maximum absolute atomic E-state index is 11.1. The molecule has 1 atom stereocenters. The molecule has 0 aliphatic rings. The second-order valence-corrected chi connectivity index (χ2v) is 2.74. The molecule has 0 unspecified atom stereocenters. The van der Waals surface area contributed by atoms with Crippen molar-refractivity contribution in [3.63, 3.8) is 0 Å². The zero-order chi connectivity index (χ0) is 9.84. The molecule has 0 aromatic carbocycles. The molecule has 6 heteroatoms. The molecule has 1 aromatic heterocycles. The molecule has 0 spiro atoms. The van der Waals surface area contributed by atoms with Crippen LogP contribution in [0.4, 0.5) is 0 Å². The van der Waals surface area contributed by atoms with Gasteiger partial charge in [-0.25, -0.2) is 0 Å². The number of aromatic amines is 1. The zero-order valence-corrected chi connectivity index (χ0v) is 8.21. The van der Waals surface area contributed by atoms with Crippen LogP contribution in [0.2, 0.25) is 0 Å². The molecule has 0 aliphatic carbocycles. The lowest BCUT2D eigenvalue weighted by molar-refractivity contribution is -0.119. The quantitative estimate of drug-likeness (QED) is 0.615. The first-order valence-corrected chi connectivity index (χ1v) is 3.82. The van der Waals surface area contributed by atoms with Crippen molar-refractivity contribution in [3.05, 3.63) is 34.2 Å². The molecule has 1 aromatic rings. The Morgan fingerprint density at radius 2 is 2.21 bits per heavy atom. The highest BCUT2D eigenvalue weighted by Gasteiger charge is 2.11. The maximum atomic E-state index is 11.1. The third kappa shape index (κ3) is 3.20. The fraction of sp³-hybridized carbons (Fsp3) is 0.250. The van der Waals surface area contributed by atoms with E-state index >= 15 is 0 Å². The highest BCUT2D eigenvalue weighted by Crippen LogP contribution is 1.93. The van der Waals surface area contributed by atoms with E-state index < -0.39 is 11.9 Å². The fourth-order valence-electron chi connectivity index (χ4n) is 0.955. The lowest BCUT2D eigenvalue weighted by atomic mass is 10.1. The highest BCUT2D eigenvalue weighted by atomic mass is 35.5. The number of halogens is 1. The molecule has 0 radical (unpaired) electrons. The maximum Gasteiger partial charge on any atom is 0.251 e. The molecule has 1 amide bonds. The van der Waals surface area contributed by atoms with Gasteiger partial charge >= 0.3 is 0 Å². The van der Waals surface area contributed by atoms with Gasteiger partial charge in [0.1, 0.15) is 0 Å². The predicted molar refractivity (Wildman–Crippen MR) is 55.2 cm³/mol. The Balaban J connectivity index is 0.00000169. The van der Waals surface area contributed by atoms with E-state index in [0.29, 0.717) is 5.56 Å². The van der Waals surface area contributed by atoms with E-state index in [1.807, 2.05) is 0 Å². The number of H-pyrrole nitrogens is 1. The van der Waals surface area contributed by atoms with Gasteiger partial charge in [0.25, 0.3) is 5.56 Å². The van der Waals surface area contributed by atoms with Crippen LogP contribution >= 0.6 is 12.4 Å². The van der Waals surface area contributed by atoms with Crippen LogP contribution in [0.1, 0.15) is 5.56 Å². The smallest absolute Gasteiger partial charge is 0.251 e. The number of hydrogen-bond acceptors (Lipinski definition) is 3. The van der Waals surface area contributed by atoms with E-state index in [0.717, 1.165) is 0 Å². The molecule has 1 heterocycles. The lowest BCUT2D eigenvalue weighted by Crippen LogP contribution is -2.39. The molecule has 0 aliphatic heterocycles. The van der Waals surface area contributed by atoms with Gasteiger partial charge in [0.15, 0.2) is 0 Å². The number of carbonyl (C=O) groups excluding carboxylic acids is 1. The molecule has 5 nitrogen and oxygen atoms in total. The van der Waals surface area contributed by atoms with Crippen molar-refractivity contribution in [2.24, 2.45) is 11.5 Å². The van der Waals surface area contributed by atoms with E-state index in [1.54, 1.807) is 12.1 Å². The van der Waals surface area contributed by atoms with Crippen LogP contribution in [0, 0.1) is 0 Å². The Kier molecular flexibility index (Phi) is 4.90. The number of amides is 1. The van der Waals surface area contributed by atoms with Gasteiger partial charge in [-0.05, 0) is 6.07 Å². The van der Waals surface area contributed by atoms with Gasteiger partial charge in [0.05, 0.1) is 6.04 Å². The molecule has 0 bridgehead atoms. The normalized spacial score (nSPS) is 11.5. The molecule has 0 saturated heterocycles. The number of nitrogens with one attached hydrogen (secondary N) is 1. The van der Waals surface area contributed by atoms with Crippen molar-refractivity contribution in [1.29, 1.82) is 0 Å². The highest BCUT2D eigenvalue weighted by molar-refractivity contribution is 5.85. The molecule has 1 rings (SSSR count). The Morgan fingerprint density at radius 1 is 1.57 bits per heavy atom. The van der Waals surface area contributed by atoms with E-state index in [4.69, 9.17) is 11.5 Å². The lowest BCUT2D eigenvalue weighted by Gasteiger charge is -2.05. The van der Waals surface area contributed by atoms with E-state index in [9.17, 15) is 9.59 Å². The summed E-state index contributed by atoms with van der Waals surface area (Å²) in [7, 11) is 0. The number of carbonyl (C=O) groups is 1. The zero-order valence-electron chi connectivity index (χ0n) is 7.40. The average molecular weight is 218 g/mol. The topological polar surface area (TPSA) is 102 Å². The minimum Gasteiger partial charge on any atom is -0.368 e. The van der Waals surface area contributed by atoms with Crippen LogP contribution in [-0.2, 0) is 11.2 Å². The molecule has 0 saturated carbocycles. The summed E-state index contributed by atoms with van der Waals surface area (Å²) in [6, 6.07) is 2.48. The molecular formula is C8H12ClN3O2. The Labute approximate surface area is 86.9 Å². The average Bonchev–Trinajstić information content (AvgIpc) is 2.08. The van der Waals surface area contributed by atoms with E-state index in [2.05, 4.69) is 4.98 Å². The monoisotopic (exact) mass is 217 g/mol. The van der Waals surface area contributed by atoms with E-state index in [1.165, 1.54) is 6.20 Å². The number of nitrogens with two attached hydrogens (primary N) is 2. The number of primary amides is 1. The summed E-state index contributed by atoms with van der Waals surface area (Å²) < 4.78 is 0. The van der Waals surface area contributed by atoms with Crippen molar-refractivity contribution in [1.82, 2.24) is 4.98 Å². The molecular weight excluding hydrogens is 206 g/mol. The Bertz CT molecular complexity index is 364. The first kappa shape index (κ1) is 12.7. The van der Waals surface area contributed by atoms with Gasteiger partial charge in [-0.1, -0.05) is 6.07 Å². The number of aromatic nitrogens is 1. The predicted octanol–water partition coefficient (Wildman–Crippen LogP) is -0.848. The fourth-order valence-corrected chi connectivity index (χ4v) is 0.955. The SMILES string of the molecule is Cl.NC(=O)[C@@H](N)Cc1ccc[nH]c1=O. The van der Waals surface area contributed by atoms with Crippen molar-refractivity contribution in [3.8, 4) is 0 Å². The van der Waals surface area contributed by atoms with Gasteiger partial charge in [0, 0.05) is 18.2 Å². The van der Waals surface area contributed by atoms with Gasteiger partial charge in [-0.15, -0.1) is 12.4 Å². The van der Waals surface area contributed by atoms with E-state index in [-0.39, 0.29) is 24.4 Å². The Morgan fingerprint density at radius 3 is 2.71 bits per heavy atom. The van der Waals surface area contributed by atoms with Gasteiger partial charge in [0.2, 0.25) is 5.91 Å². The molecule has 0 fully saturated rings. The van der Waals surface area contributed by atoms with Crippen molar-refractivity contribution in [2.45, 2.75) is 12.5 Å². The van der Waals surface area contributed by atoms with Crippen molar-refractivity contribution >= 4 is 18.3 Å². The number of pyridine rings is 1. The Hall–Kier alpha value is -1.33. The minimum absolute atomic E-state index is 0. The van der Waals surface area contributed by atoms with Crippen LogP contribution in [0.15, 0.2) is 23.1 Å². The second kappa shape index (κ2) is 5.41. The summed E-state index contributed by atoms with van der Waals surface area (Å²) in [6.45, 7) is 0. The first-order chi connectivity index (χ1) is 6.11. The first-order valence-electron chi connectivity index (χ1n) is 3.82. The summed E-state index contributed by atoms with van der Waals surface area (Å²) >= 11 is 0. The third-order valence-electron chi connectivity index (χ3n) is 1.70. The summed E-state index contributed by atoms with van der Waals surface area (Å²) in [5.74, 6) is -0.608. The molecule has 14 heavy (non-hydrogen) atoms. The van der Waals surface area contributed by atoms with Crippen LogP contribution in [0.25, 0.3) is 0 Å². The minimum atomic E-state index is -0.802.